The van der Waals surface area contributed by atoms with Crippen LogP contribution in [0.1, 0.15) is 12.5 Å². The largest absolute Gasteiger partial charge is 0.484 e. The number of nitrogens with zero attached hydrogens (tertiary/aromatic N) is 1. The first-order valence-electron chi connectivity index (χ1n) is 8.69. The van der Waals surface area contributed by atoms with Gasteiger partial charge in [0.2, 0.25) is 5.91 Å². The van der Waals surface area contributed by atoms with Crippen molar-refractivity contribution in [2.24, 2.45) is 5.73 Å². The van der Waals surface area contributed by atoms with E-state index in [2.05, 4.69) is 5.32 Å². The number of carbonyl (C=O) groups excluding carboxylic acids is 3. The Morgan fingerprint density at radius 1 is 1.04 bits per heavy atom. The standard InChI is InChI=1S/C20H23N3O5/c1-3-27-20(26)23(2)16-8-6-15(7-9-16)22-19(25)13-28-17-10-4-14(5-11-17)12-18(21)24/h4-11H,3,12-13H2,1-2H3,(H2,21,24)(H,22,25). The number of nitrogens with one attached hydrogen (secondary N) is 1. The Morgan fingerprint density at radius 2 is 1.68 bits per heavy atom. The van der Waals surface area contributed by atoms with Gasteiger partial charge in [0.15, 0.2) is 6.61 Å². The van der Waals surface area contributed by atoms with E-state index in [9.17, 15) is 14.4 Å². The molecule has 0 aromatic heterocycles. The molecule has 28 heavy (non-hydrogen) atoms. The van der Waals surface area contributed by atoms with Crippen LogP contribution in [0, 0.1) is 0 Å². The van der Waals surface area contributed by atoms with Gasteiger partial charge >= 0.3 is 6.09 Å². The molecule has 0 heterocycles. The number of benzene rings is 2. The lowest BCUT2D eigenvalue weighted by molar-refractivity contribution is -0.118. The maximum absolute atomic E-state index is 12.0. The van der Waals surface area contributed by atoms with Gasteiger partial charge in [-0.25, -0.2) is 4.79 Å². The second-order valence-electron chi connectivity index (χ2n) is 5.93. The van der Waals surface area contributed by atoms with E-state index in [0.29, 0.717) is 23.7 Å². The molecule has 0 spiro atoms. The van der Waals surface area contributed by atoms with Gasteiger partial charge in [-0.2, -0.15) is 0 Å². The molecular weight excluding hydrogens is 362 g/mol. The molecule has 148 valence electrons. The molecule has 0 aliphatic heterocycles. The lowest BCUT2D eigenvalue weighted by Gasteiger charge is -2.17. The quantitative estimate of drug-likeness (QED) is 0.724. The number of carbonyl (C=O) groups is 3. The molecule has 0 bridgehead atoms. The Balaban J connectivity index is 1.84. The number of nitrogens with two attached hydrogens (primary N) is 1. The number of amides is 3. The molecule has 0 atom stereocenters. The maximum atomic E-state index is 12.0. The summed E-state index contributed by atoms with van der Waals surface area (Å²) in [4.78, 5) is 36.0. The molecule has 3 amide bonds. The Labute approximate surface area is 163 Å². The third kappa shape index (κ3) is 6.31. The molecule has 0 unspecified atom stereocenters. The zero-order chi connectivity index (χ0) is 20.5. The maximum Gasteiger partial charge on any atom is 0.413 e. The number of primary amides is 1. The Kier molecular flexibility index (Phi) is 7.38. The highest BCUT2D eigenvalue weighted by atomic mass is 16.6. The Bertz CT molecular complexity index is 819. The minimum Gasteiger partial charge on any atom is -0.484 e. The van der Waals surface area contributed by atoms with Crippen molar-refractivity contribution < 1.29 is 23.9 Å². The molecular formula is C20H23N3O5. The average Bonchev–Trinajstić information content (AvgIpc) is 2.67. The van der Waals surface area contributed by atoms with Gasteiger partial charge in [0.05, 0.1) is 13.0 Å². The molecule has 2 aromatic rings. The molecule has 0 fully saturated rings. The van der Waals surface area contributed by atoms with Crippen molar-refractivity contribution in [3.63, 3.8) is 0 Å². The van der Waals surface area contributed by atoms with Crippen LogP contribution in [-0.4, -0.2) is 38.2 Å². The van der Waals surface area contributed by atoms with Gasteiger partial charge in [0, 0.05) is 18.4 Å². The Hall–Kier alpha value is -3.55. The van der Waals surface area contributed by atoms with Crippen molar-refractivity contribution in [1.29, 1.82) is 0 Å². The summed E-state index contributed by atoms with van der Waals surface area (Å²) in [7, 11) is 1.61. The summed E-state index contributed by atoms with van der Waals surface area (Å²) < 4.78 is 10.4. The van der Waals surface area contributed by atoms with E-state index in [0.717, 1.165) is 5.56 Å². The van der Waals surface area contributed by atoms with Crippen molar-refractivity contribution in [3.8, 4) is 5.75 Å². The zero-order valence-corrected chi connectivity index (χ0v) is 15.8. The Morgan fingerprint density at radius 3 is 2.25 bits per heavy atom. The van der Waals surface area contributed by atoms with Gasteiger partial charge in [-0.3, -0.25) is 14.5 Å². The second-order valence-corrected chi connectivity index (χ2v) is 5.93. The van der Waals surface area contributed by atoms with E-state index in [1.54, 1.807) is 62.5 Å². The molecule has 0 radical (unpaired) electrons. The van der Waals surface area contributed by atoms with Crippen LogP contribution in [0.4, 0.5) is 16.2 Å². The smallest absolute Gasteiger partial charge is 0.413 e. The first kappa shape index (κ1) is 20.8. The van der Waals surface area contributed by atoms with Crippen LogP contribution in [0.15, 0.2) is 48.5 Å². The molecule has 0 saturated heterocycles. The van der Waals surface area contributed by atoms with Crippen LogP contribution in [0.5, 0.6) is 5.75 Å². The van der Waals surface area contributed by atoms with Crippen molar-refractivity contribution in [2.45, 2.75) is 13.3 Å². The van der Waals surface area contributed by atoms with Gasteiger partial charge in [-0.05, 0) is 48.9 Å². The number of ether oxygens (including phenoxy) is 2. The zero-order valence-electron chi connectivity index (χ0n) is 15.8. The summed E-state index contributed by atoms with van der Waals surface area (Å²) in [6.07, 6.45) is -0.295. The number of hydrogen-bond donors (Lipinski definition) is 2. The van der Waals surface area contributed by atoms with Crippen molar-refractivity contribution in [3.05, 3.63) is 54.1 Å². The summed E-state index contributed by atoms with van der Waals surface area (Å²) in [5.74, 6) is -0.227. The third-order valence-electron chi connectivity index (χ3n) is 3.75. The van der Waals surface area contributed by atoms with Crippen LogP contribution in [0.25, 0.3) is 0 Å². The highest BCUT2D eigenvalue weighted by Crippen LogP contribution is 2.18. The van der Waals surface area contributed by atoms with Gasteiger partial charge in [-0.15, -0.1) is 0 Å². The summed E-state index contributed by atoms with van der Waals surface area (Å²) in [6, 6.07) is 13.5. The monoisotopic (exact) mass is 385 g/mol. The van der Waals surface area contributed by atoms with E-state index in [1.807, 2.05) is 0 Å². The highest BCUT2D eigenvalue weighted by Gasteiger charge is 2.11. The van der Waals surface area contributed by atoms with E-state index < -0.39 is 12.0 Å². The van der Waals surface area contributed by atoms with Crippen LogP contribution >= 0.6 is 0 Å². The number of rotatable bonds is 8. The van der Waals surface area contributed by atoms with Gasteiger partial charge in [-0.1, -0.05) is 12.1 Å². The van der Waals surface area contributed by atoms with Crippen LogP contribution in [-0.2, 0) is 20.7 Å². The molecule has 3 N–H and O–H groups in total. The van der Waals surface area contributed by atoms with Crippen molar-refractivity contribution in [2.75, 3.05) is 30.5 Å². The third-order valence-corrected chi connectivity index (χ3v) is 3.75. The predicted octanol–water partition coefficient (Wildman–Crippen LogP) is 2.32. The van der Waals surface area contributed by atoms with Crippen molar-refractivity contribution in [1.82, 2.24) is 0 Å². The lowest BCUT2D eigenvalue weighted by atomic mass is 10.1. The fourth-order valence-electron chi connectivity index (χ4n) is 2.34. The molecule has 2 rings (SSSR count). The minimum atomic E-state index is -0.450. The SMILES string of the molecule is CCOC(=O)N(C)c1ccc(NC(=O)COc2ccc(CC(N)=O)cc2)cc1. The fourth-order valence-corrected chi connectivity index (χ4v) is 2.34. The van der Waals surface area contributed by atoms with Crippen molar-refractivity contribution >= 4 is 29.3 Å². The molecule has 0 saturated carbocycles. The van der Waals surface area contributed by atoms with E-state index in [1.165, 1.54) is 4.90 Å². The molecule has 0 aliphatic rings. The number of anilines is 2. The van der Waals surface area contributed by atoms with Crippen LogP contribution in [0.2, 0.25) is 0 Å². The van der Waals surface area contributed by atoms with Crippen LogP contribution < -0.4 is 20.7 Å². The average molecular weight is 385 g/mol. The highest BCUT2D eigenvalue weighted by molar-refractivity contribution is 5.92. The van der Waals surface area contributed by atoms with E-state index in [4.69, 9.17) is 15.2 Å². The summed E-state index contributed by atoms with van der Waals surface area (Å²) in [5, 5.41) is 2.71. The van der Waals surface area contributed by atoms with E-state index in [-0.39, 0.29) is 18.9 Å². The second kappa shape index (κ2) is 9.96. The summed E-state index contributed by atoms with van der Waals surface area (Å²) >= 11 is 0. The number of hydrogen-bond acceptors (Lipinski definition) is 5. The molecule has 0 aliphatic carbocycles. The lowest BCUT2D eigenvalue weighted by Crippen LogP contribution is -2.27. The first-order chi connectivity index (χ1) is 13.4. The topological polar surface area (TPSA) is 111 Å². The van der Waals surface area contributed by atoms with Gasteiger partial charge < -0.3 is 20.5 Å². The van der Waals surface area contributed by atoms with Gasteiger partial charge in [0.25, 0.3) is 5.91 Å². The molecule has 8 heteroatoms. The predicted molar refractivity (Wildman–Crippen MR) is 105 cm³/mol. The van der Waals surface area contributed by atoms with Crippen LogP contribution in [0.3, 0.4) is 0 Å². The summed E-state index contributed by atoms with van der Waals surface area (Å²) in [6.45, 7) is 1.87. The molecule has 8 nitrogen and oxygen atoms in total. The molecule has 2 aromatic carbocycles. The minimum absolute atomic E-state index is 0.155. The normalized spacial score (nSPS) is 10.1. The first-order valence-corrected chi connectivity index (χ1v) is 8.69. The van der Waals surface area contributed by atoms with E-state index >= 15 is 0 Å². The fraction of sp³-hybridized carbons (Fsp3) is 0.250. The van der Waals surface area contributed by atoms with Gasteiger partial charge in [0.1, 0.15) is 5.75 Å². The summed E-state index contributed by atoms with van der Waals surface area (Å²) in [5.41, 5.74) is 7.13.